The smallest absolute Gasteiger partial charge is 0.271 e. The number of hydrogen-bond acceptors (Lipinski definition) is 6. The van der Waals surface area contributed by atoms with Gasteiger partial charge in [-0.1, -0.05) is 6.07 Å². The number of aryl methyl sites for hydroxylation is 3. The summed E-state index contributed by atoms with van der Waals surface area (Å²) in [5.74, 6) is 0.00509. The van der Waals surface area contributed by atoms with Crippen LogP contribution in [0.15, 0.2) is 29.1 Å². The highest BCUT2D eigenvalue weighted by molar-refractivity contribution is 5.83. The third-order valence-corrected chi connectivity index (χ3v) is 6.18. The molecule has 2 aromatic heterocycles. The van der Waals surface area contributed by atoms with Crippen LogP contribution in [0.1, 0.15) is 23.2 Å². The number of hydrogen-bond donors (Lipinski definition) is 1. The Morgan fingerprint density at radius 3 is 2.62 bits per heavy atom. The fraction of sp³-hybridized carbons (Fsp3) is 0.409. The first-order valence-electron chi connectivity index (χ1n) is 10.6. The number of carbonyl (C=O) groups excluding carboxylic acids is 1. The number of nitro groups is 1. The van der Waals surface area contributed by atoms with Crippen molar-refractivity contribution < 1.29 is 9.72 Å². The van der Waals surface area contributed by atoms with E-state index in [1.165, 1.54) is 6.07 Å². The fourth-order valence-corrected chi connectivity index (χ4v) is 4.46. The summed E-state index contributed by atoms with van der Waals surface area (Å²) in [6.45, 7) is 6.10. The predicted octanol–water partition coefficient (Wildman–Crippen LogP) is 2.07. The average molecular weight is 438 g/mol. The number of non-ortho nitro benzene ring substituents is 1. The van der Waals surface area contributed by atoms with Gasteiger partial charge in [0.05, 0.1) is 10.6 Å². The molecule has 3 heterocycles. The normalized spacial score (nSPS) is 14.2. The number of nitrogens with zero attached hydrogens (tertiary/aromatic N) is 5. The van der Waals surface area contributed by atoms with Gasteiger partial charge in [0.25, 0.3) is 11.2 Å². The lowest BCUT2D eigenvalue weighted by Gasteiger charge is -2.36. The number of nitro benzene ring substituents is 1. The van der Waals surface area contributed by atoms with Crippen LogP contribution in [0.4, 0.5) is 11.4 Å². The van der Waals surface area contributed by atoms with E-state index in [1.807, 2.05) is 24.8 Å². The van der Waals surface area contributed by atoms with Crippen LogP contribution in [0, 0.1) is 24.0 Å². The number of H-pyrrole nitrogens is 1. The molecule has 1 aromatic carbocycles. The van der Waals surface area contributed by atoms with E-state index in [4.69, 9.17) is 0 Å². The van der Waals surface area contributed by atoms with Crippen molar-refractivity contribution >= 4 is 28.3 Å². The number of aromatic nitrogens is 3. The van der Waals surface area contributed by atoms with Gasteiger partial charge in [-0.2, -0.15) is 5.10 Å². The molecule has 1 amide bonds. The van der Waals surface area contributed by atoms with Gasteiger partial charge in [-0.25, -0.2) is 0 Å². The molecule has 10 nitrogen and oxygen atoms in total. The van der Waals surface area contributed by atoms with Crippen molar-refractivity contribution in [3.63, 3.8) is 0 Å². The lowest BCUT2D eigenvalue weighted by molar-refractivity contribution is -0.384. The Labute approximate surface area is 184 Å². The molecule has 1 fully saturated rings. The summed E-state index contributed by atoms with van der Waals surface area (Å²) >= 11 is 0. The van der Waals surface area contributed by atoms with Crippen LogP contribution in [-0.2, 0) is 18.3 Å². The van der Waals surface area contributed by atoms with Crippen molar-refractivity contribution in [3.8, 4) is 0 Å². The predicted molar refractivity (Wildman–Crippen MR) is 121 cm³/mol. The lowest BCUT2D eigenvalue weighted by Crippen LogP contribution is -2.48. The van der Waals surface area contributed by atoms with Crippen LogP contribution in [0.5, 0.6) is 0 Å². The first kappa shape index (κ1) is 21.5. The van der Waals surface area contributed by atoms with Crippen molar-refractivity contribution in [1.82, 2.24) is 19.7 Å². The van der Waals surface area contributed by atoms with Crippen molar-refractivity contribution in [2.75, 3.05) is 31.1 Å². The summed E-state index contributed by atoms with van der Waals surface area (Å²) in [6, 6.07) is 6.54. The summed E-state index contributed by atoms with van der Waals surface area (Å²) in [7, 11) is 1.79. The summed E-state index contributed by atoms with van der Waals surface area (Å²) in [6.07, 6.45) is 0.626. The maximum atomic E-state index is 12.8. The molecule has 0 atom stereocenters. The Balaban J connectivity index is 1.40. The van der Waals surface area contributed by atoms with Crippen molar-refractivity contribution in [1.29, 1.82) is 0 Å². The average Bonchev–Trinajstić information content (AvgIpc) is 3.06. The van der Waals surface area contributed by atoms with Crippen LogP contribution >= 0.6 is 0 Å². The minimum atomic E-state index is -0.405. The van der Waals surface area contributed by atoms with E-state index < -0.39 is 4.92 Å². The van der Waals surface area contributed by atoms with E-state index >= 15 is 0 Å². The van der Waals surface area contributed by atoms with E-state index in [-0.39, 0.29) is 23.6 Å². The van der Waals surface area contributed by atoms with Gasteiger partial charge in [-0.15, -0.1) is 0 Å². The summed E-state index contributed by atoms with van der Waals surface area (Å²) in [4.78, 5) is 42.8. The zero-order valence-electron chi connectivity index (χ0n) is 18.4. The van der Waals surface area contributed by atoms with E-state index in [0.29, 0.717) is 43.8 Å². The van der Waals surface area contributed by atoms with Crippen LogP contribution in [0.3, 0.4) is 0 Å². The molecular formula is C22H26N6O4. The number of fused-ring (bicyclic) bond motifs is 1. The topological polar surface area (TPSA) is 117 Å². The highest BCUT2D eigenvalue weighted by atomic mass is 16.6. The molecule has 0 bridgehead atoms. The molecule has 0 spiro atoms. The van der Waals surface area contributed by atoms with Gasteiger partial charge in [0.15, 0.2) is 0 Å². The number of piperazine rings is 1. The minimum Gasteiger partial charge on any atom is -0.368 e. The number of aromatic amines is 1. The molecule has 0 radical (unpaired) electrons. The maximum absolute atomic E-state index is 12.8. The molecule has 10 heteroatoms. The Morgan fingerprint density at radius 1 is 1.22 bits per heavy atom. The number of amides is 1. The van der Waals surface area contributed by atoms with Crippen LogP contribution in [0.25, 0.3) is 11.0 Å². The van der Waals surface area contributed by atoms with Crippen LogP contribution < -0.4 is 10.5 Å². The van der Waals surface area contributed by atoms with E-state index in [1.54, 1.807) is 28.8 Å². The molecule has 0 unspecified atom stereocenters. The zero-order valence-corrected chi connectivity index (χ0v) is 18.4. The molecule has 0 aliphatic carbocycles. The Kier molecular flexibility index (Phi) is 5.68. The Hall–Kier alpha value is -3.69. The number of anilines is 1. The molecule has 1 N–H and O–H groups in total. The highest BCUT2D eigenvalue weighted by Crippen LogP contribution is 2.23. The van der Waals surface area contributed by atoms with Crippen molar-refractivity contribution in [2.45, 2.75) is 26.7 Å². The molecule has 1 saturated heterocycles. The van der Waals surface area contributed by atoms with Gasteiger partial charge in [0.1, 0.15) is 5.65 Å². The zero-order chi connectivity index (χ0) is 23.0. The molecule has 4 rings (SSSR count). The minimum absolute atomic E-state index is 0.00509. The van der Waals surface area contributed by atoms with Gasteiger partial charge < -0.3 is 14.8 Å². The second kappa shape index (κ2) is 8.45. The van der Waals surface area contributed by atoms with Gasteiger partial charge in [-0.05, 0) is 31.9 Å². The highest BCUT2D eigenvalue weighted by Gasteiger charge is 2.23. The van der Waals surface area contributed by atoms with Gasteiger partial charge in [0, 0.05) is 68.4 Å². The second-order valence-corrected chi connectivity index (χ2v) is 8.14. The largest absolute Gasteiger partial charge is 0.368 e. The van der Waals surface area contributed by atoms with Gasteiger partial charge >= 0.3 is 0 Å². The summed E-state index contributed by atoms with van der Waals surface area (Å²) in [5.41, 5.74) is 3.70. The number of rotatable bonds is 5. The number of pyridine rings is 1. The monoisotopic (exact) mass is 438 g/mol. The van der Waals surface area contributed by atoms with E-state index in [0.717, 1.165) is 22.3 Å². The first-order chi connectivity index (χ1) is 15.3. The SMILES string of the molecule is Cc1nn(C)c2[nH]c(=O)c(CCC(=O)N3CCN(c4cccc([N+](=O)[O-])c4)CC3)c(C)c12. The van der Waals surface area contributed by atoms with Crippen molar-refractivity contribution in [3.05, 3.63) is 61.6 Å². The molecule has 32 heavy (non-hydrogen) atoms. The van der Waals surface area contributed by atoms with E-state index in [2.05, 4.69) is 10.1 Å². The quantitative estimate of drug-likeness (QED) is 0.481. The molecule has 168 valence electrons. The molecular weight excluding hydrogens is 412 g/mol. The van der Waals surface area contributed by atoms with Crippen molar-refractivity contribution in [2.24, 2.45) is 7.05 Å². The first-order valence-corrected chi connectivity index (χ1v) is 10.6. The lowest BCUT2D eigenvalue weighted by atomic mass is 10.0. The van der Waals surface area contributed by atoms with Crippen LogP contribution in [0.2, 0.25) is 0 Å². The summed E-state index contributed by atoms with van der Waals surface area (Å²) < 4.78 is 1.66. The third kappa shape index (κ3) is 3.95. The van der Waals surface area contributed by atoms with Gasteiger partial charge in [0.2, 0.25) is 5.91 Å². The van der Waals surface area contributed by atoms with E-state index in [9.17, 15) is 19.7 Å². The molecule has 0 saturated carbocycles. The number of nitrogens with one attached hydrogen (secondary N) is 1. The number of carbonyl (C=O) groups is 1. The van der Waals surface area contributed by atoms with Gasteiger partial charge in [-0.3, -0.25) is 24.4 Å². The maximum Gasteiger partial charge on any atom is 0.271 e. The summed E-state index contributed by atoms with van der Waals surface area (Å²) in [5, 5.41) is 16.3. The molecule has 1 aliphatic rings. The molecule has 1 aliphatic heterocycles. The standard InChI is InChI=1S/C22H26N6O4/c1-14-18(22(30)23-21-20(14)15(2)24-25(21)3)7-8-19(29)27-11-9-26(10-12-27)16-5-4-6-17(13-16)28(31)32/h4-6,13H,7-12H2,1-3H3,(H,23,30). The molecule has 3 aromatic rings. The Bertz CT molecular complexity index is 1250. The number of benzene rings is 1. The fourth-order valence-electron chi connectivity index (χ4n) is 4.46. The second-order valence-electron chi connectivity index (χ2n) is 8.14. The third-order valence-electron chi connectivity index (χ3n) is 6.18. The Morgan fingerprint density at radius 2 is 1.94 bits per heavy atom. The van der Waals surface area contributed by atoms with Crippen LogP contribution in [-0.4, -0.2) is 56.7 Å².